The quantitative estimate of drug-likeness (QED) is 0.0244. The summed E-state index contributed by atoms with van der Waals surface area (Å²) >= 11 is 20.5. The molecule has 0 spiro atoms. The molecule has 0 unspecified atom stereocenters. The molecular weight excluding hydrogens is 1530 g/mol. The lowest BCUT2D eigenvalue weighted by atomic mass is 10.1. The number of anilines is 1. The fourth-order valence-electron chi connectivity index (χ4n) is 9.23. The van der Waals surface area contributed by atoms with Gasteiger partial charge in [0, 0.05) is 73.7 Å². The third kappa shape index (κ3) is 35.0. The van der Waals surface area contributed by atoms with Crippen LogP contribution in [0.4, 0.5) is 26.7 Å². The Morgan fingerprint density at radius 2 is 0.735 bits per heavy atom. The smallest absolute Gasteiger partial charge is 0.431 e. The zero-order valence-corrected chi connectivity index (χ0v) is 71.4. The van der Waals surface area contributed by atoms with Crippen LogP contribution in [0.3, 0.4) is 0 Å². The SMILES string of the molecule is CC.CC.CC(C)C(=O)N1C(=O)c2ccccc2C1=S.CC(C)C(=O)N1C(=S)Cc2ccccc21.CC(C)C(=O)N1CCCC1=S.CC(C)C(=O)N1CCCC1=S.CC(C)C(=O)Oc1ccccc1.CC(C)C(=O)Oc1ccccc1[N+](=O)[O-].CC(C)OC(=O)Oc1ccccc1.CC(C)OC(=O)Oc1ccccc1[N+](=O)[O-]. The fraction of sp³-hybridized carbons (Fsp3) is 0.417. The normalized spacial score (nSPS) is 12.5. The lowest BCUT2D eigenvalue weighted by Gasteiger charge is -2.19. The predicted molar refractivity (Wildman–Crippen MR) is 453 cm³/mol. The monoisotopic (exact) mass is 1630 g/mol. The zero-order valence-electron chi connectivity index (χ0n) is 68.2. The predicted octanol–water partition coefficient (Wildman–Crippen LogP) is 19.3. The average Bonchev–Trinajstić information content (AvgIpc) is 1.64. The number of amides is 5. The topological polar surface area (TPSA) is 308 Å². The number of hydrogen-bond donors (Lipinski definition) is 0. The van der Waals surface area contributed by atoms with Crippen LogP contribution in [0.25, 0.3) is 0 Å². The first-order chi connectivity index (χ1) is 53.3. The summed E-state index contributed by atoms with van der Waals surface area (Å²) in [5, 5.41) is 21.2. The number of carbonyl (C=O) groups is 9. The first kappa shape index (κ1) is 101. The van der Waals surface area contributed by atoms with E-state index < -0.39 is 28.1 Å². The zero-order chi connectivity index (χ0) is 85.9. The van der Waals surface area contributed by atoms with E-state index in [1.54, 1.807) is 131 Å². The number of rotatable bonds is 14. The number of nitro benzene ring substituents is 2. The Labute approximate surface area is 685 Å². The molecule has 0 radical (unpaired) electrons. The van der Waals surface area contributed by atoms with Crippen LogP contribution < -0.4 is 23.8 Å². The molecule has 0 aromatic heterocycles. The summed E-state index contributed by atoms with van der Waals surface area (Å²) in [6.45, 7) is 38.4. The summed E-state index contributed by atoms with van der Waals surface area (Å²) in [7, 11) is 0. The van der Waals surface area contributed by atoms with Crippen LogP contribution >= 0.6 is 48.9 Å². The van der Waals surface area contributed by atoms with Crippen molar-refractivity contribution in [3.05, 3.63) is 195 Å². The van der Waals surface area contributed by atoms with Crippen LogP contribution in [0, 0.1) is 55.7 Å². The number of thiocarbonyl (C=S) groups is 4. The van der Waals surface area contributed by atoms with Crippen molar-refractivity contribution in [3.8, 4) is 23.0 Å². The molecule has 29 heteroatoms. The molecule has 0 N–H and O–H groups in total. The number of ether oxygens (including phenoxy) is 6. The van der Waals surface area contributed by atoms with Gasteiger partial charge in [-0.25, -0.2) is 14.5 Å². The second kappa shape index (κ2) is 52.7. The van der Waals surface area contributed by atoms with E-state index >= 15 is 0 Å². The molecule has 0 atom stereocenters. The van der Waals surface area contributed by atoms with Crippen LogP contribution in [0.1, 0.15) is 186 Å². The Kier molecular flexibility index (Phi) is 46.9. The van der Waals surface area contributed by atoms with E-state index in [1.807, 2.05) is 138 Å². The van der Waals surface area contributed by atoms with Crippen molar-refractivity contribution in [2.45, 2.75) is 183 Å². The van der Waals surface area contributed by atoms with Crippen molar-refractivity contribution in [2.24, 2.45) is 35.5 Å². The van der Waals surface area contributed by atoms with Gasteiger partial charge in [0.25, 0.3) is 5.91 Å². The molecule has 0 bridgehead atoms. The van der Waals surface area contributed by atoms with Gasteiger partial charge in [-0.1, -0.05) is 257 Å². The van der Waals surface area contributed by atoms with E-state index in [9.17, 15) is 63.4 Å². The van der Waals surface area contributed by atoms with Gasteiger partial charge in [0.1, 0.15) is 16.5 Å². The van der Waals surface area contributed by atoms with E-state index in [-0.39, 0.29) is 106 Å². The maximum absolute atomic E-state index is 12.0. The van der Waals surface area contributed by atoms with Gasteiger partial charge in [-0.3, -0.25) is 58.7 Å². The van der Waals surface area contributed by atoms with Gasteiger partial charge in [-0.2, -0.15) is 0 Å². The Hall–Kier alpha value is -10.5. The lowest BCUT2D eigenvalue weighted by Crippen LogP contribution is -2.38. The molecule has 612 valence electrons. The van der Waals surface area contributed by atoms with Crippen LogP contribution in [0.15, 0.2) is 158 Å². The molecule has 25 nitrogen and oxygen atoms in total. The largest absolute Gasteiger partial charge is 0.514 e. The average molecular weight is 1630 g/mol. The molecule has 4 aliphatic heterocycles. The number of nitrogens with zero attached hydrogens (tertiary/aromatic N) is 6. The minimum absolute atomic E-state index is 0.0128. The van der Waals surface area contributed by atoms with Crippen molar-refractivity contribution >= 4 is 140 Å². The highest BCUT2D eigenvalue weighted by Gasteiger charge is 2.38. The summed E-state index contributed by atoms with van der Waals surface area (Å²) in [5.41, 5.74) is 2.82. The summed E-state index contributed by atoms with van der Waals surface area (Å²) in [6, 6.07) is 44.2. The summed E-state index contributed by atoms with van der Waals surface area (Å²) < 4.78 is 29.0. The minimum Gasteiger partial charge on any atom is -0.431 e. The third-order valence-corrected chi connectivity index (χ3v) is 16.3. The number of esters is 2. The number of likely N-dealkylation sites (tertiary alicyclic amines) is 2. The number of nitro groups is 2. The number of para-hydroxylation sites is 7. The molecular formula is C84H108N6O19S4. The van der Waals surface area contributed by atoms with Gasteiger partial charge in [0.05, 0.1) is 60.1 Å². The lowest BCUT2D eigenvalue weighted by molar-refractivity contribution is -0.385. The molecule has 2 saturated heterocycles. The van der Waals surface area contributed by atoms with Gasteiger partial charge in [-0.05, 0) is 94.6 Å². The van der Waals surface area contributed by atoms with Crippen LogP contribution in [-0.4, -0.2) is 124 Å². The van der Waals surface area contributed by atoms with Gasteiger partial charge >= 0.3 is 35.6 Å². The highest BCUT2D eigenvalue weighted by molar-refractivity contribution is 7.81. The van der Waals surface area contributed by atoms with Crippen LogP contribution in [0.5, 0.6) is 23.0 Å². The minimum atomic E-state index is -0.954. The van der Waals surface area contributed by atoms with E-state index in [0.717, 1.165) is 69.9 Å². The second-order valence-electron chi connectivity index (χ2n) is 26.6. The highest BCUT2D eigenvalue weighted by atomic mass is 32.1. The summed E-state index contributed by atoms with van der Waals surface area (Å²) in [5.74, 6) is -0.331. The van der Waals surface area contributed by atoms with Crippen molar-refractivity contribution in [1.82, 2.24) is 14.7 Å². The summed E-state index contributed by atoms with van der Waals surface area (Å²) in [6.07, 6.45) is 2.50. The van der Waals surface area contributed by atoms with Crippen LogP contribution in [0.2, 0.25) is 0 Å². The molecule has 4 aliphatic rings. The molecule has 113 heavy (non-hydrogen) atoms. The van der Waals surface area contributed by atoms with Gasteiger partial charge in [0.2, 0.25) is 35.1 Å². The maximum Gasteiger partial charge on any atom is 0.514 e. The summed E-state index contributed by atoms with van der Waals surface area (Å²) in [4.78, 5) is 132. The molecule has 2 fully saturated rings. The fourth-order valence-corrected chi connectivity index (χ4v) is 10.6. The molecule has 4 heterocycles. The van der Waals surface area contributed by atoms with Crippen molar-refractivity contribution < 1.29 is 81.4 Å². The van der Waals surface area contributed by atoms with Crippen molar-refractivity contribution in [1.29, 1.82) is 0 Å². The Balaban J connectivity index is 0.000000644. The first-order valence-corrected chi connectivity index (χ1v) is 38.9. The number of fused-ring (bicyclic) bond motifs is 2. The van der Waals surface area contributed by atoms with E-state index in [4.69, 9.17) is 77.3 Å². The van der Waals surface area contributed by atoms with E-state index in [2.05, 4.69) is 0 Å². The van der Waals surface area contributed by atoms with Gasteiger partial charge < -0.3 is 38.2 Å². The van der Waals surface area contributed by atoms with Crippen molar-refractivity contribution in [2.75, 3.05) is 18.0 Å². The molecule has 0 saturated carbocycles. The first-order valence-electron chi connectivity index (χ1n) is 37.2. The second-order valence-corrected chi connectivity index (χ2v) is 28.4. The number of hydrogen-bond acceptors (Lipinski definition) is 23. The highest BCUT2D eigenvalue weighted by Crippen LogP contribution is 2.32. The number of imide groups is 1. The van der Waals surface area contributed by atoms with E-state index in [1.165, 1.54) is 42.5 Å². The molecule has 6 aromatic rings. The third-order valence-electron chi connectivity index (χ3n) is 14.8. The Morgan fingerprint density at radius 1 is 0.389 bits per heavy atom. The molecule has 5 amide bonds. The van der Waals surface area contributed by atoms with Gasteiger partial charge in [0.15, 0.2) is 0 Å². The molecule has 6 aromatic carbocycles. The maximum atomic E-state index is 12.0. The van der Waals surface area contributed by atoms with E-state index in [0.29, 0.717) is 34.0 Å². The van der Waals surface area contributed by atoms with Crippen molar-refractivity contribution in [3.63, 3.8) is 0 Å². The Bertz CT molecular complexity index is 4090. The standard InChI is InChI=1S/C12H11NO2S.C12H13NOS.C10H11NO5.C10H11NO4.C10H12O3.C10H12O2.2C8H13NOS.2C2H6/c1-7(2)10(14)13-11(15)8-5-3-4-6-9(8)12(13)16;1-8(2)12(14)13-10-6-4-3-5-9(10)7-11(13)15;1-7(2)15-10(12)16-9-6-4-3-5-8(9)11(13)14;1-7(2)10(12)15-9-6-4-3-5-8(9)11(13)14;1-8(2)12-10(11)13-9-6-4-3-5-7-9;1-8(2)10(11)12-9-6-4-3-5-7-9;2*1-6(2)8(10)9-5-3-4-7(9)11;2*1-2/h3-7H,1-2H3;3-6,8H,7H2,1-2H3;3-7H,1-2H3;3-7H,1-2H3;3-8H,1-2H3;3-8H,1-2H3;2*6H,3-5H2,1-2H3;2*1-2H3. The molecule has 10 rings (SSSR count). The number of carbonyl (C=O) groups excluding carboxylic acids is 9. The Morgan fingerprint density at radius 3 is 1.12 bits per heavy atom. The number of benzene rings is 6. The van der Waals surface area contributed by atoms with Crippen LogP contribution in [-0.2, 0) is 44.7 Å². The van der Waals surface area contributed by atoms with Gasteiger partial charge in [-0.15, -0.1) is 0 Å². The molecule has 0 aliphatic carbocycles.